The third-order valence-electron chi connectivity index (χ3n) is 4.13. The Balaban J connectivity index is 2.07. The van der Waals surface area contributed by atoms with Crippen LogP contribution in [0.15, 0.2) is 18.2 Å². The number of nitrogens with two attached hydrogens (primary N) is 1. The summed E-state index contributed by atoms with van der Waals surface area (Å²) in [5.74, 6) is 0.864. The van der Waals surface area contributed by atoms with Crippen molar-refractivity contribution in [3.63, 3.8) is 0 Å². The number of hydrogen-bond acceptors (Lipinski definition) is 3. The van der Waals surface area contributed by atoms with E-state index in [2.05, 4.69) is 30.9 Å². The van der Waals surface area contributed by atoms with Gasteiger partial charge in [-0.1, -0.05) is 17.7 Å². The van der Waals surface area contributed by atoms with E-state index in [9.17, 15) is 0 Å². The van der Waals surface area contributed by atoms with Gasteiger partial charge < -0.3 is 10.5 Å². The van der Waals surface area contributed by atoms with Crippen LogP contribution in [0.4, 0.5) is 5.69 Å². The highest BCUT2D eigenvalue weighted by atomic mass is 16.5. The first-order chi connectivity index (χ1) is 9.11. The second-order valence-corrected chi connectivity index (χ2v) is 5.74. The first-order valence-electron chi connectivity index (χ1n) is 7.20. The lowest BCUT2D eigenvalue weighted by molar-refractivity contribution is 0.112. The average Bonchev–Trinajstić information content (AvgIpc) is 3.22. The SMILES string of the molecule is COCCN(Cc1cc(C)ccc1N)C(C)C1CC1. The van der Waals surface area contributed by atoms with Gasteiger partial charge in [-0.2, -0.15) is 0 Å². The first-order valence-corrected chi connectivity index (χ1v) is 7.20. The minimum absolute atomic E-state index is 0.620. The van der Waals surface area contributed by atoms with Crippen LogP contribution in [0.2, 0.25) is 0 Å². The molecule has 0 saturated heterocycles. The van der Waals surface area contributed by atoms with Crippen LogP contribution < -0.4 is 5.73 Å². The van der Waals surface area contributed by atoms with Gasteiger partial charge >= 0.3 is 0 Å². The summed E-state index contributed by atoms with van der Waals surface area (Å²) in [5, 5.41) is 0. The quantitative estimate of drug-likeness (QED) is 0.768. The van der Waals surface area contributed by atoms with Gasteiger partial charge in [0.15, 0.2) is 0 Å². The molecule has 106 valence electrons. The fraction of sp³-hybridized carbons (Fsp3) is 0.625. The van der Waals surface area contributed by atoms with Gasteiger partial charge in [0.1, 0.15) is 0 Å². The summed E-state index contributed by atoms with van der Waals surface area (Å²) in [6.07, 6.45) is 2.74. The Labute approximate surface area is 116 Å². The first kappa shape index (κ1) is 14.4. The predicted octanol–water partition coefficient (Wildman–Crippen LogP) is 2.82. The third-order valence-corrected chi connectivity index (χ3v) is 4.13. The summed E-state index contributed by atoms with van der Waals surface area (Å²) in [6, 6.07) is 6.91. The Morgan fingerprint density at radius 1 is 1.42 bits per heavy atom. The maximum absolute atomic E-state index is 6.10. The summed E-state index contributed by atoms with van der Waals surface area (Å²) in [6.45, 7) is 7.13. The minimum atomic E-state index is 0.620. The summed E-state index contributed by atoms with van der Waals surface area (Å²) in [5.41, 5.74) is 9.51. The van der Waals surface area contributed by atoms with Crippen molar-refractivity contribution in [1.29, 1.82) is 0 Å². The molecule has 1 unspecified atom stereocenters. The van der Waals surface area contributed by atoms with E-state index in [0.29, 0.717) is 6.04 Å². The Hall–Kier alpha value is -1.06. The van der Waals surface area contributed by atoms with Crippen LogP contribution in [0.25, 0.3) is 0 Å². The van der Waals surface area contributed by atoms with Crippen LogP contribution in [-0.2, 0) is 11.3 Å². The molecule has 1 atom stereocenters. The fourth-order valence-corrected chi connectivity index (χ4v) is 2.60. The third kappa shape index (κ3) is 3.95. The highest BCUT2D eigenvalue weighted by Crippen LogP contribution is 2.35. The average molecular weight is 262 g/mol. The summed E-state index contributed by atoms with van der Waals surface area (Å²) < 4.78 is 5.24. The Kier molecular flexibility index (Phi) is 4.83. The van der Waals surface area contributed by atoms with Gasteiger partial charge in [-0.15, -0.1) is 0 Å². The number of methoxy groups -OCH3 is 1. The monoisotopic (exact) mass is 262 g/mol. The van der Waals surface area contributed by atoms with E-state index in [-0.39, 0.29) is 0 Å². The Bertz CT molecular complexity index is 415. The highest BCUT2D eigenvalue weighted by Gasteiger charge is 2.31. The molecule has 0 heterocycles. The summed E-state index contributed by atoms with van der Waals surface area (Å²) >= 11 is 0. The molecule has 2 N–H and O–H groups in total. The van der Waals surface area contributed by atoms with E-state index in [4.69, 9.17) is 10.5 Å². The summed E-state index contributed by atoms with van der Waals surface area (Å²) in [4.78, 5) is 2.51. The van der Waals surface area contributed by atoms with Gasteiger partial charge in [-0.3, -0.25) is 4.90 Å². The van der Waals surface area contributed by atoms with Gasteiger partial charge in [0.05, 0.1) is 6.61 Å². The van der Waals surface area contributed by atoms with Gasteiger partial charge in [-0.05, 0) is 44.2 Å². The molecule has 1 aliphatic carbocycles. The van der Waals surface area contributed by atoms with E-state index in [1.807, 2.05) is 6.07 Å². The van der Waals surface area contributed by atoms with E-state index >= 15 is 0 Å². The zero-order valence-corrected chi connectivity index (χ0v) is 12.4. The van der Waals surface area contributed by atoms with Gasteiger partial charge in [0.2, 0.25) is 0 Å². The smallest absolute Gasteiger partial charge is 0.0589 e. The Morgan fingerprint density at radius 3 is 2.79 bits per heavy atom. The second kappa shape index (κ2) is 6.40. The molecule has 3 heteroatoms. The molecule has 19 heavy (non-hydrogen) atoms. The number of aryl methyl sites for hydroxylation is 1. The van der Waals surface area contributed by atoms with Gasteiger partial charge in [0, 0.05) is 31.9 Å². The van der Waals surface area contributed by atoms with E-state index < -0.39 is 0 Å². The molecule has 1 aliphatic rings. The van der Waals surface area contributed by atoms with E-state index in [1.165, 1.54) is 24.0 Å². The molecule has 3 nitrogen and oxygen atoms in total. The molecule has 2 rings (SSSR count). The van der Waals surface area contributed by atoms with Gasteiger partial charge in [0.25, 0.3) is 0 Å². The molecular formula is C16H26N2O. The zero-order chi connectivity index (χ0) is 13.8. The van der Waals surface area contributed by atoms with E-state index in [0.717, 1.165) is 31.3 Å². The van der Waals surface area contributed by atoms with Crippen molar-refractivity contribution >= 4 is 5.69 Å². The molecule has 1 fully saturated rings. The standard InChI is InChI=1S/C16H26N2O/c1-12-4-7-16(17)15(10-12)11-18(8-9-19-3)13(2)14-5-6-14/h4,7,10,13-14H,5-6,8-9,11,17H2,1-3H3. The topological polar surface area (TPSA) is 38.5 Å². The van der Waals surface area contributed by atoms with Crippen molar-refractivity contribution in [1.82, 2.24) is 4.90 Å². The van der Waals surface area contributed by atoms with Crippen LogP contribution in [-0.4, -0.2) is 31.2 Å². The number of hydrogen-bond donors (Lipinski definition) is 1. The van der Waals surface area contributed by atoms with Crippen molar-refractivity contribution in [2.24, 2.45) is 5.92 Å². The molecular weight excluding hydrogens is 236 g/mol. The number of anilines is 1. The number of nitrogens with zero attached hydrogens (tertiary/aromatic N) is 1. The lowest BCUT2D eigenvalue weighted by atomic mass is 10.1. The molecule has 0 spiro atoms. The predicted molar refractivity (Wildman–Crippen MR) is 80.1 cm³/mol. The second-order valence-electron chi connectivity index (χ2n) is 5.74. The molecule has 1 aromatic carbocycles. The molecule has 0 bridgehead atoms. The fourth-order valence-electron chi connectivity index (χ4n) is 2.60. The van der Waals surface area contributed by atoms with Crippen molar-refractivity contribution < 1.29 is 4.74 Å². The molecule has 0 aliphatic heterocycles. The van der Waals surface area contributed by atoms with Crippen LogP contribution >= 0.6 is 0 Å². The zero-order valence-electron chi connectivity index (χ0n) is 12.4. The summed E-state index contributed by atoms with van der Waals surface area (Å²) in [7, 11) is 1.76. The van der Waals surface area contributed by atoms with E-state index in [1.54, 1.807) is 7.11 Å². The van der Waals surface area contributed by atoms with Crippen molar-refractivity contribution in [2.75, 3.05) is 26.0 Å². The van der Waals surface area contributed by atoms with Crippen molar-refractivity contribution in [3.05, 3.63) is 29.3 Å². The maximum atomic E-state index is 6.10. The Morgan fingerprint density at radius 2 is 2.16 bits per heavy atom. The minimum Gasteiger partial charge on any atom is -0.398 e. The van der Waals surface area contributed by atoms with Crippen LogP contribution in [0, 0.1) is 12.8 Å². The highest BCUT2D eigenvalue weighted by molar-refractivity contribution is 5.48. The molecule has 0 radical (unpaired) electrons. The molecule has 0 aromatic heterocycles. The van der Waals surface area contributed by atoms with Gasteiger partial charge in [-0.25, -0.2) is 0 Å². The molecule has 1 saturated carbocycles. The lowest BCUT2D eigenvalue weighted by Crippen LogP contribution is -2.36. The van der Waals surface area contributed by atoms with Crippen molar-refractivity contribution in [2.45, 2.75) is 39.3 Å². The number of benzene rings is 1. The van der Waals surface area contributed by atoms with Crippen LogP contribution in [0.1, 0.15) is 30.9 Å². The normalized spacial score (nSPS) is 16.8. The van der Waals surface area contributed by atoms with Crippen molar-refractivity contribution in [3.8, 4) is 0 Å². The lowest BCUT2D eigenvalue weighted by Gasteiger charge is -2.29. The van der Waals surface area contributed by atoms with Crippen LogP contribution in [0.3, 0.4) is 0 Å². The number of nitrogen functional groups attached to an aromatic ring is 1. The molecule has 0 amide bonds. The number of ether oxygens (including phenoxy) is 1. The largest absolute Gasteiger partial charge is 0.398 e. The molecule has 1 aromatic rings. The number of rotatable bonds is 7. The maximum Gasteiger partial charge on any atom is 0.0589 e. The van der Waals surface area contributed by atoms with Crippen LogP contribution in [0.5, 0.6) is 0 Å².